The zero-order valence-corrected chi connectivity index (χ0v) is 12.3. The molecule has 0 saturated heterocycles. The minimum Gasteiger partial charge on any atom is -0.327 e. The summed E-state index contributed by atoms with van der Waals surface area (Å²) in [6.45, 7) is 9.24. The highest BCUT2D eigenvalue weighted by Crippen LogP contribution is 2.63. The fourth-order valence-corrected chi connectivity index (χ4v) is 7.89. The molecule has 0 spiro atoms. The average Bonchev–Trinajstić information content (AvgIpc) is 2.19. The number of rotatable bonds is 8. The molecule has 0 aliphatic rings. The third-order valence-electron chi connectivity index (χ3n) is 1.94. The Kier molecular flexibility index (Phi) is 7.88. The molecule has 0 aliphatic heterocycles. The van der Waals surface area contributed by atoms with E-state index in [-0.39, 0.29) is 0 Å². The van der Waals surface area contributed by atoms with Crippen LogP contribution < -0.4 is 0 Å². The molecule has 0 rings (SSSR count). The van der Waals surface area contributed by atoms with Gasteiger partial charge in [-0.15, -0.1) is 0 Å². The summed E-state index contributed by atoms with van der Waals surface area (Å²) in [6.07, 6.45) is 1.85. The molecule has 0 aromatic carbocycles. The first-order chi connectivity index (χ1) is 7.03. The first-order valence-corrected chi connectivity index (χ1v) is 9.35. The standard InChI is InChI=1S/C9H20NO2PS2/c1-5-9(4)15-13(14,12-7-3)10(6-2)8-11/h8-9H,5-7H2,1-4H3. The molecule has 0 aliphatic carbocycles. The number of amides is 1. The normalized spacial score (nSPS) is 16.8. The van der Waals surface area contributed by atoms with E-state index in [1.165, 1.54) is 0 Å². The van der Waals surface area contributed by atoms with Crippen molar-refractivity contribution in [2.75, 3.05) is 13.2 Å². The van der Waals surface area contributed by atoms with Crippen LogP contribution in [0.1, 0.15) is 34.1 Å². The molecule has 2 unspecified atom stereocenters. The summed E-state index contributed by atoms with van der Waals surface area (Å²) in [5.41, 5.74) is -2.19. The molecule has 0 radical (unpaired) electrons. The van der Waals surface area contributed by atoms with Crippen molar-refractivity contribution in [2.24, 2.45) is 0 Å². The van der Waals surface area contributed by atoms with Crippen molar-refractivity contribution in [1.82, 2.24) is 4.67 Å². The monoisotopic (exact) mass is 269 g/mol. The van der Waals surface area contributed by atoms with Crippen LogP contribution in [-0.2, 0) is 21.1 Å². The third kappa shape index (κ3) is 4.85. The maximum Gasteiger partial charge on any atom is 0.215 e. The fraction of sp³-hybridized carbons (Fsp3) is 0.889. The zero-order valence-electron chi connectivity index (χ0n) is 9.80. The number of hydrogen-bond acceptors (Lipinski definition) is 4. The average molecular weight is 269 g/mol. The van der Waals surface area contributed by atoms with E-state index in [0.29, 0.717) is 18.4 Å². The van der Waals surface area contributed by atoms with E-state index in [0.717, 1.165) is 12.8 Å². The molecule has 15 heavy (non-hydrogen) atoms. The fourth-order valence-electron chi connectivity index (χ4n) is 0.936. The maximum atomic E-state index is 10.9. The molecule has 2 atom stereocenters. The Morgan fingerprint density at radius 1 is 1.53 bits per heavy atom. The van der Waals surface area contributed by atoms with E-state index < -0.39 is 5.62 Å². The summed E-state index contributed by atoms with van der Waals surface area (Å²) >= 11 is 7.14. The lowest BCUT2D eigenvalue weighted by Gasteiger charge is -2.31. The van der Waals surface area contributed by atoms with Crippen molar-refractivity contribution in [1.29, 1.82) is 0 Å². The van der Waals surface area contributed by atoms with Crippen LogP contribution in [0.4, 0.5) is 0 Å². The van der Waals surface area contributed by atoms with Gasteiger partial charge in [0.05, 0.1) is 6.61 Å². The van der Waals surface area contributed by atoms with Gasteiger partial charge in [0.15, 0.2) is 0 Å². The van der Waals surface area contributed by atoms with Crippen molar-refractivity contribution in [2.45, 2.75) is 39.4 Å². The Morgan fingerprint density at radius 3 is 2.47 bits per heavy atom. The molecule has 6 heteroatoms. The van der Waals surface area contributed by atoms with Crippen LogP contribution in [0.15, 0.2) is 0 Å². The van der Waals surface area contributed by atoms with Crippen LogP contribution in [0, 0.1) is 0 Å². The van der Waals surface area contributed by atoms with Crippen molar-refractivity contribution >= 4 is 35.2 Å². The van der Waals surface area contributed by atoms with E-state index in [1.807, 2.05) is 13.8 Å². The third-order valence-corrected chi connectivity index (χ3v) is 9.04. The van der Waals surface area contributed by atoms with Crippen molar-refractivity contribution in [3.05, 3.63) is 0 Å². The summed E-state index contributed by atoms with van der Waals surface area (Å²) in [6, 6.07) is 0. The molecular weight excluding hydrogens is 249 g/mol. The number of hydrogen-bond donors (Lipinski definition) is 0. The second kappa shape index (κ2) is 7.66. The lowest BCUT2D eigenvalue weighted by molar-refractivity contribution is -0.114. The molecule has 0 fully saturated rings. The van der Waals surface area contributed by atoms with Crippen LogP contribution in [0.2, 0.25) is 0 Å². The Labute approximate surface area is 102 Å². The van der Waals surface area contributed by atoms with Crippen LogP contribution >= 0.6 is 17.0 Å². The van der Waals surface area contributed by atoms with Crippen molar-refractivity contribution in [3.63, 3.8) is 0 Å². The van der Waals surface area contributed by atoms with Gasteiger partial charge >= 0.3 is 0 Å². The summed E-state index contributed by atoms with van der Waals surface area (Å²) in [4.78, 5) is 10.9. The molecule has 90 valence electrons. The SMILES string of the molecule is CCOP(=S)(SC(C)CC)N(C=O)CC. The molecule has 0 N–H and O–H groups in total. The minimum absolute atomic E-state index is 0.427. The van der Waals surface area contributed by atoms with Crippen LogP contribution in [-0.4, -0.2) is 29.5 Å². The van der Waals surface area contributed by atoms with E-state index in [4.69, 9.17) is 16.3 Å². The smallest absolute Gasteiger partial charge is 0.215 e. The van der Waals surface area contributed by atoms with Crippen LogP contribution in [0.5, 0.6) is 0 Å². The van der Waals surface area contributed by atoms with E-state index in [1.54, 1.807) is 16.1 Å². The number of carbonyl (C=O) groups is 1. The molecule has 0 bridgehead atoms. The summed E-state index contributed by atoms with van der Waals surface area (Å²) in [5, 5.41) is 0.427. The first-order valence-electron chi connectivity index (χ1n) is 5.19. The molecule has 1 amide bonds. The molecule has 3 nitrogen and oxygen atoms in total. The highest BCUT2D eigenvalue weighted by atomic mass is 32.9. The maximum absolute atomic E-state index is 10.9. The molecule has 0 aromatic rings. The van der Waals surface area contributed by atoms with Gasteiger partial charge < -0.3 is 4.52 Å². The molecular formula is C9H20NO2PS2. The van der Waals surface area contributed by atoms with E-state index >= 15 is 0 Å². The van der Waals surface area contributed by atoms with Crippen molar-refractivity contribution in [3.8, 4) is 0 Å². The highest BCUT2D eigenvalue weighted by Gasteiger charge is 2.27. The topological polar surface area (TPSA) is 29.5 Å². The Balaban J connectivity index is 4.70. The van der Waals surface area contributed by atoms with E-state index in [2.05, 4.69) is 13.8 Å². The molecule has 0 heterocycles. The van der Waals surface area contributed by atoms with Crippen molar-refractivity contribution < 1.29 is 9.32 Å². The van der Waals surface area contributed by atoms with Crippen LogP contribution in [0.3, 0.4) is 0 Å². The number of nitrogens with zero attached hydrogens (tertiary/aromatic N) is 1. The Hall–Kier alpha value is 0.430. The van der Waals surface area contributed by atoms with Gasteiger partial charge in [-0.1, -0.05) is 25.2 Å². The lowest BCUT2D eigenvalue weighted by atomic mass is 10.4. The second-order valence-electron chi connectivity index (χ2n) is 3.07. The van der Waals surface area contributed by atoms with Crippen LogP contribution in [0.25, 0.3) is 0 Å². The minimum atomic E-state index is -2.19. The van der Waals surface area contributed by atoms with Gasteiger partial charge in [0.25, 0.3) is 0 Å². The lowest BCUT2D eigenvalue weighted by Crippen LogP contribution is -2.19. The van der Waals surface area contributed by atoms with E-state index in [9.17, 15) is 4.79 Å². The van der Waals surface area contributed by atoms with Gasteiger partial charge in [0, 0.05) is 11.8 Å². The van der Waals surface area contributed by atoms with Gasteiger partial charge in [-0.25, -0.2) is 0 Å². The quantitative estimate of drug-likeness (QED) is 0.500. The predicted octanol–water partition coefficient (Wildman–Crippen LogP) is 3.26. The first kappa shape index (κ1) is 15.4. The largest absolute Gasteiger partial charge is 0.327 e. The summed E-state index contributed by atoms with van der Waals surface area (Å²) < 4.78 is 7.26. The molecule has 0 saturated carbocycles. The Bertz CT molecular complexity index is 238. The highest BCUT2D eigenvalue weighted by molar-refractivity contribution is 8.69. The van der Waals surface area contributed by atoms with Gasteiger partial charge in [0.2, 0.25) is 12.0 Å². The second-order valence-corrected chi connectivity index (χ2v) is 10.1. The summed E-state index contributed by atoms with van der Waals surface area (Å²) in [5.74, 6) is 0. The summed E-state index contributed by atoms with van der Waals surface area (Å²) in [7, 11) is 0. The zero-order chi connectivity index (χ0) is 11.9. The molecule has 0 aromatic heterocycles. The van der Waals surface area contributed by atoms with Gasteiger partial charge in [-0.05, 0) is 32.1 Å². The van der Waals surface area contributed by atoms with Gasteiger partial charge in [-0.2, -0.15) is 0 Å². The Morgan fingerprint density at radius 2 is 2.13 bits per heavy atom. The predicted molar refractivity (Wildman–Crippen MR) is 71.7 cm³/mol. The number of carbonyl (C=O) groups excluding carboxylic acids is 1. The van der Waals surface area contributed by atoms with Gasteiger partial charge in [-0.3, -0.25) is 9.46 Å². The van der Waals surface area contributed by atoms with Gasteiger partial charge in [0.1, 0.15) is 0 Å².